The lowest BCUT2D eigenvalue weighted by molar-refractivity contribution is 0.843. The second-order valence-corrected chi connectivity index (χ2v) is 6.00. The Kier molecular flexibility index (Phi) is 3.19. The maximum Gasteiger partial charge on any atom is 0.253 e. The molecule has 0 aliphatic rings. The van der Waals surface area contributed by atoms with Crippen molar-refractivity contribution in [1.29, 1.82) is 0 Å². The van der Waals surface area contributed by atoms with E-state index in [-0.39, 0.29) is 0 Å². The molecule has 0 aliphatic heterocycles. The predicted octanol–water partition coefficient (Wildman–Crippen LogP) is 2.19. The van der Waals surface area contributed by atoms with Crippen LogP contribution < -0.4 is 0 Å². The third kappa shape index (κ3) is 2.45. The zero-order chi connectivity index (χ0) is 13.4. The first-order valence-corrected chi connectivity index (χ1v) is 7.51. The van der Waals surface area contributed by atoms with Crippen LogP contribution in [0.4, 0.5) is 0 Å². The highest BCUT2D eigenvalue weighted by atomic mass is 32.2. The Morgan fingerprint density at radius 1 is 1.26 bits per heavy atom. The summed E-state index contributed by atoms with van der Waals surface area (Å²) in [6.45, 7) is 5.93. The van der Waals surface area contributed by atoms with Crippen molar-refractivity contribution >= 4 is 29.1 Å². The van der Waals surface area contributed by atoms with Crippen LogP contribution in [0, 0.1) is 20.8 Å². The van der Waals surface area contributed by atoms with Crippen LogP contribution in [0.5, 0.6) is 0 Å². The van der Waals surface area contributed by atoms with E-state index in [0.29, 0.717) is 5.78 Å². The minimum absolute atomic E-state index is 0.652. The molecule has 3 aromatic heterocycles. The van der Waals surface area contributed by atoms with E-state index >= 15 is 0 Å². The van der Waals surface area contributed by atoms with E-state index in [2.05, 4.69) is 24.7 Å². The molecule has 0 spiro atoms. The minimum Gasteiger partial charge on any atom is -0.216 e. The number of hydrogen-bond acceptors (Lipinski definition) is 7. The maximum absolute atomic E-state index is 4.45. The Bertz CT molecular complexity index is 732. The fraction of sp³-hybridized carbons (Fsp3) is 0.364. The number of aryl methyl sites for hydroxylation is 3. The second-order valence-electron chi connectivity index (χ2n) is 4.22. The molecule has 8 heteroatoms. The van der Waals surface area contributed by atoms with Gasteiger partial charge < -0.3 is 0 Å². The summed E-state index contributed by atoms with van der Waals surface area (Å²) >= 11 is 3.00. The molecule has 0 saturated heterocycles. The second kappa shape index (κ2) is 4.86. The molecule has 0 aliphatic carbocycles. The van der Waals surface area contributed by atoms with Gasteiger partial charge in [0.25, 0.3) is 5.78 Å². The molecule has 0 saturated carbocycles. The van der Waals surface area contributed by atoms with Gasteiger partial charge in [-0.25, -0.2) is 9.50 Å². The predicted molar refractivity (Wildman–Crippen MR) is 74.5 cm³/mol. The first kappa shape index (κ1) is 12.5. The summed E-state index contributed by atoms with van der Waals surface area (Å²) in [5.41, 5.74) is 2.97. The molecule has 98 valence electrons. The summed E-state index contributed by atoms with van der Waals surface area (Å²) in [7, 11) is 0. The molecule has 0 radical (unpaired) electrons. The van der Waals surface area contributed by atoms with Crippen molar-refractivity contribution in [3.63, 3.8) is 0 Å². The molecule has 3 aromatic rings. The molecule has 0 atom stereocenters. The lowest BCUT2D eigenvalue weighted by Gasteiger charge is -1.97. The first-order valence-electron chi connectivity index (χ1n) is 5.75. The van der Waals surface area contributed by atoms with Crippen molar-refractivity contribution in [3.8, 4) is 0 Å². The van der Waals surface area contributed by atoms with E-state index in [1.807, 2.05) is 26.8 Å². The van der Waals surface area contributed by atoms with Gasteiger partial charge in [-0.1, -0.05) is 16.3 Å². The zero-order valence-corrected chi connectivity index (χ0v) is 12.4. The highest BCUT2D eigenvalue weighted by molar-refractivity contribution is 7.98. The molecule has 6 nitrogen and oxygen atoms in total. The Morgan fingerprint density at radius 3 is 2.84 bits per heavy atom. The molecule has 0 bridgehead atoms. The highest BCUT2D eigenvalue weighted by Crippen LogP contribution is 2.23. The number of fused-ring (bicyclic) bond motifs is 1. The number of hydrogen-bond donors (Lipinski definition) is 0. The summed E-state index contributed by atoms with van der Waals surface area (Å²) in [5.74, 6) is 1.44. The summed E-state index contributed by atoms with van der Waals surface area (Å²) in [6, 6.07) is 1.99. The standard InChI is InChI=1S/C11H12N6S2/c1-6-4-7(2)17-10(12-6)13-11(15-17)18-5-9-8(3)14-16-19-9/h4H,5H2,1-3H3. The normalized spacial score (nSPS) is 11.3. The van der Waals surface area contributed by atoms with Gasteiger partial charge in [-0.05, 0) is 38.4 Å². The average molecular weight is 292 g/mol. The van der Waals surface area contributed by atoms with Crippen LogP contribution in [0.25, 0.3) is 5.78 Å². The van der Waals surface area contributed by atoms with Gasteiger partial charge in [-0.15, -0.1) is 10.2 Å². The Hall–Kier alpha value is -1.54. The van der Waals surface area contributed by atoms with E-state index in [1.54, 1.807) is 16.3 Å². The van der Waals surface area contributed by atoms with Gasteiger partial charge in [0.15, 0.2) is 0 Å². The SMILES string of the molecule is Cc1cc(C)n2nc(SCc3snnc3C)nc2n1. The van der Waals surface area contributed by atoms with Crippen LogP contribution in [0.2, 0.25) is 0 Å². The topological polar surface area (TPSA) is 68.9 Å². The van der Waals surface area contributed by atoms with Crippen LogP contribution in [0.15, 0.2) is 11.2 Å². The van der Waals surface area contributed by atoms with Crippen LogP contribution in [0.1, 0.15) is 22.0 Å². The molecular formula is C11H12N6S2. The number of nitrogens with zero attached hydrogens (tertiary/aromatic N) is 6. The maximum atomic E-state index is 4.45. The summed E-state index contributed by atoms with van der Waals surface area (Å²) in [6.07, 6.45) is 0. The van der Waals surface area contributed by atoms with Crippen molar-refractivity contribution in [1.82, 2.24) is 29.2 Å². The zero-order valence-electron chi connectivity index (χ0n) is 10.8. The van der Waals surface area contributed by atoms with Crippen molar-refractivity contribution in [3.05, 3.63) is 28.0 Å². The molecular weight excluding hydrogens is 280 g/mol. The largest absolute Gasteiger partial charge is 0.253 e. The van der Waals surface area contributed by atoms with Crippen molar-refractivity contribution in [2.45, 2.75) is 31.7 Å². The molecule has 0 amide bonds. The van der Waals surface area contributed by atoms with Crippen molar-refractivity contribution in [2.24, 2.45) is 0 Å². The van der Waals surface area contributed by atoms with Crippen molar-refractivity contribution in [2.75, 3.05) is 0 Å². The smallest absolute Gasteiger partial charge is 0.216 e. The molecule has 19 heavy (non-hydrogen) atoms. The fourth-order valence-corrected chi connectivity index (χ4v) is 3.30. The van der Waals surface area contributed by atoms with Crippen LogP contribution in [0.3, 0.4) is 0 Å². The monoisotopic (exact) mass is 292 g/mol. The third-order valence-electron chi connectivity index (χ3n) is 2.68. The molecule has 0 aromatic carbocycles. The van der Waals surface area contributed by atoms with Crippen LogP contribution >= 0.6 is 23.3 Å². The molecule has 3 heterocycles. The number of aromatic nitrogens is 6. The van der Waals surface area contributed by atoms with Gasteiger partial charge in [-0.3, -0.25) is 0 Å². The van der Waals surface area contributed by atoms with Crippen LogP contribution in [-0.4, -0.2) is 29.2 Å². The molecule has 0 fully saturated rings. The first-order chi connectivity index (χ1) is 9.13. The van der Waals surface area contributed by atoms with Gasteiger partial charge in [0.2, 0.25) is 5.16 Å². The summed E-state index contributed by atoms with van der Waals surface area (Å²) in [5, 5.41) is 9.18. The lowest BCUT2D eigenvalue weighted by Crippen LogP contribution is -1.97. The fourth-order valence-electron chi connectivity index (χ4n) is 1.72. The van der Waals surface area contributed by atoms with Gasteiger partial charge in [0.1, 0.15) is 0 Å². The van der Waals surface area contributed by atoms with E-state index in [0.717, 1.165) is 32.9 Å². The van der Waals surface area contributed by atoms with Gasteiger partial charge in [0.05, 0.1) is 10.6 Å². The van der Waals surface area contributed by atoms with Gasteiger partial charge in [-0.2, -0.15) is 4.98 Å². The Labute approximate surface area is 118 Å². The number of rotatable bonds is 3. The van der Waals surface area contributed by atoms with Crippen LogP contribution in [-0.2, 0) is 5.75 Å². The van der Waals surface area contributed by atoms with E-state index in [1.165, 1.54) is 11.5 Å². The van der Waals surface area contributed by atoms with E-state index < -0.39 is 0 Å². The lowest BCUT2D eigenvalue weighted by atomic mass is 10.4. The molecule has 0 unspecified atom stereocenters. The van der Waals surface area contributed by atoms with Crippen molar-refractivity contribution < 1.29 is 0 Å². The summed E-state index contributed by atoms with van der Waals surface area (Å²) in [4.78, 5) is 9.96. The quantitative estimate of drug-likeness (QED) is 0.689. The average Bonchev–Trinajstić information content (AvgIpc) is 2.92. The van der Waals surface area contributed by atoms with Gasteiger partial charge in [0, 0.05) is 17.1 Å². The van der Waals surface area contributed by atoms with E-state index in [4.69, 9.17) is 0 Å². The minimum atomic E-state index is 0.652. The molecule has 0 N–H and O–H groups in total. The third-order valence-corrected chi connectivity index (χ3v) is 4.55. The van der Waals surface area contributed by atoms with E-state index in [9.17, 15) is 0 Å². The Morgan fingerprint density at radius 2 is 2.11 bits per heavy atom. The summed E-state index contributed by atoms with van der Waals surface area (Å²) < 4.78 is 5.69. The Balaban J connectivity index is 1.86. The highest BCUT2D eigenvalue weighted by Gasteiger charge is 2.10. The van der Waals surface area contributed by atoms with Gasteiger partial charge >= 0.3 is 0 Å². The molecule has 3 rings (SSSR count). The number of thioether (sulfide) groups is 1.